The van der Waals surface area contributed by atoms with Crippen molar-refractivity contribution in [2.45, 2.75) is 40.0 Å². The first-order chi connectivity index (χ1) is 9.38. The molecule has 0 aromatic carbocycles. The summed E-state index contributed by atoms with van der Waals surface area (Å²) in [5.41, 5.74) is 6.90. The second kappa shape index (κ2) is 5.64. The number of nitrogens with one attached hydrogen (secondary N) is 1. The molecule has 1 aliphatic carbocycles. The normalized spacial score (nSPS) is 16.9. The van der Waals surface area contributed by atoms with Crippen LogP contribution in [0.5, 0.6) is 5.75 Å². The fourth-order valence-corrected chi connectivity index (χ4v) is 3.62. The maximum Gasteiger partial charge on any atom is 0.177 e. The number of ketones is 1. The molecule has 4 nitrogen and oxygen atoms in total. The fourth-order valence-electron chi connectivity index (χ4n) is 2.44. The predicted molar refractivity (Wildman–Crippen MR) is 84.9 cm³/mol. The zero-order chi connectivity index (χ0) is 14.9. The van der Waals surface area contributed by atoms with Crippen molar-refractivity contribution >= 4 is 27.8 Å². The molecule has 1 fully saturated rings. The topological polar surface area (TPSA) is 64.3 Å². The van der Waals surface area contributed by atoms with E-state index in [1.54, 1.807) is 7.11 Å². The van der Waals surface area contributed by atoms with E-state index in [1.807, 2.05) is 13.8 Å². The molecule has 112 valence electrons. The van der Waals surface area contributed by atoms with Crippen LogP contribution in [-0.4, -0.2) is 19.4 Å². The zero-order valence-electron chi connectivity index (χ0n) is 12.7. The van der Waals surface area contributed by atoms with E-state index in [2.05, 4.69) is 12.2 Å². The molecule has 0 aliphatic heterocycles. The van der Waals surface area contributed by atoms with Crippen LogP contribution in [0.25, 0.3) is 0 Å². The van der Waals surface area contributed by atoms with Crippen LogP contribution in [0.3, 0.4) is 0 Å². The number of nitrogen functional groups attached to an aromatic ring is 1. The lowest BCUT2D eigenvalue weighted by molar-refractivity contribution is 0.0944. The van der Waals surface area contributed by atoms with Gasteiger partial charge < -0.3 is 15.8 Å². The Labute approximate surface area is 124 Å². The predicted octanol–water partition coefficient (Wildman–Crippen LogP) is 3.78. The monoisotopic (exact) mass is 296 g/mol. The second-order valence-electron chi connectivity index (χ2n) is 6.24. The Morgan fingerprint density at radius 2 is 2.15 bits per heavy atom. The molecule has 0 saturated heterocycles. The van der Waals surface area contributed by atoms with E-state index in [-0.39, 0.29) is 11.7 Å². The first kappa shape index (κ1) is 15.2. The Morgan fingerprint density at radius 3 is 2.60 bits per heavy atom. The van der Waals surface area contributed by atoms with Gasteiger partial charge in [-0.05, 0) is 18.3 Å². The van der Waals surface area contributed by atoms with Gasteiger partial charge in [0.1, 0.15) is 5.00 Å². The number of thiophene rings is 1. The van der Waals surface area contributed by atoms with Gasteiger partial charge in [-0.15, -0.1) is 11.3 Å². The molecule has 0 radical (unpaired) electrons. The number of rotatable bonds is 6. The third kappa shape index (κ3) is 2.77. The highest BCUT2D eigenvalue weighted by Crippen LogP contribution is 2.45. The van der Waals surface area contributed by atoms with Gasteiger partial charge in [-0.2, -0.15) is 0 Å². The maximum absolute atomic E-state index is 12.2. The molecular formula is C15H24N2O2S. The molecule has 20 heavy (non-hydrogen) atoms. The summed E-state index contributed by atoms with van der Waals surface area (Å²) in [5, 5.41) is 4.30. The van der Waals surface area contributed by atoms with Gasteiger partial charge in [0.15, 0.2) is 11.5 Å². The van der Waals surface area contributed by atoms with E-state index in [0.717, 1.165) is 11.5 Å². The van der Waals surface area contributed by atoms with E-state index in [4.69, 9.17) is 10.5 Å². The van der Waals surface area contributed by atoms with Gasteiger partial charge in [-0.25, -0.2) is 0 Å². The maximum atomic E-state index is 12.2. The second-order valence-corrected chi connectivity index (χ2v) is 7.26. The van der Waals surface area contributed by atoms with Gasteiger partial charge in [-0.1, -0.05) is 27.2 Å². The Morgan fingerprint density at radius 1 is 1.50 bits per heavy atom. The number of nitrogens with two attached hydrogens (primary N) is 1. The first-order valence-electron chi connectivity index (χ1n) is 7.12. The molecule has 5 heteroatoms. The van der Waals surface area contributed by atoms with Crippen LogP contribution >= 0.6 is 11.3 Å². The summed E-state index contributed by atoms with van der Waals surface area (Å²) in [7, 11) is 1.60. The molecule has 2 rings (SSSR count). The third-order valence-electron chi connectivity index (χ3n) is 4.09. The van der Waals surface area contributed by atoms with Crippen LogP contribution < -0.4 is 15.8 Å². The van der Waals surface area contributed by atoms with E-state index in [9.17, 15) is 4.79 Å². The van der Waals surface area contributed by atoms with Crippen molar-refractivity contribution in [1.82, 2.24) is 0 Å². The van der Waals surface area contributed by atoms with Crippen molar-refractivity contribution in [2.75, 3.05) is 24.7 Å². The summed E-state index contributed by atoms with van der Waals surface area (Å²) in [6, 6.07) is 0. The van der Waals surface area contributed by atoms with E-state index >= 15 is 0 Å². The Bertz CT molecular complexity index is 504. The molecule has 1 aliphatic rings. The molecule has 0 atom stereocenters. The summed E-state index contributed by atoms with van der Waals surface area (Å²) in [6.07, 6.45) is 3.81. The van der Waals surface area contributed by atoms with Crippen molar-refractivity contribution in [3.63, 3.8) is 0 Å². The number of carbonyl (C=O) groups excluding carboxylic acids is 1. The Hall–Kier alpha value is -1.23. The Kier molecular flexibility index (Phi) is 4.28. The van der Waals surface area contributed by atoms with Gasteiger partial charge in [0.2, 0.25) is 0 Å². The van der Waals surface area contributed by atoms with Crippen LogP contribution in [0.15, 0.2) is 0 Å². The average molecular weight is 296 g/mol. The van der Waals surface area contributed by atoms with Crippen LogP contribution in [0, 0.1) is 11.3 Å². The van der Waals surface area contributed by atoms with Crippen LogP contribution in [-0.2, 0) is 0 Å². The number of anilines is 2. The molecule has 0 spiro atoms. The fraction of sp³-hybridized carbons (Fsp3) is 0.667. The van der Waals surface area contributed by atoms with Crippen molar-refractivity contribution in [3.8, 4) is 5.75 Å². The van der Waals surface area contributed by atoms with Crippen molar-refractivity contribution in [3.05, 3.63) is 4.88 Å². The summed E-state index contributed by atoms with van der Waals surface area (Å²) < 4.78 is 5.37. The van der Waals surface area contributed by atoms with Crippen molar-refractivity contribution in [1.29, 1.82) is 0 Å². The lowest BCUT2D eigenvalue weighted by Gasteiger charge is -2.38. The molecule has 1 aromatic heterocycles. The summed E-state index contributed by atoms with van der Waals surface area (Å²) in [5.74, 6) is 0.633. The molecule has 0 bridgehead atoms. The number of methoxy groups -OCH3 is 1. The van der Waals surface area contributed by atoms with Crippen LogP contribution in [0.2, 0.25) is 0 Å². The Balaban J connectivity index is 2.19. The highest BCUT2D eigenvalue weighted by Gasteiger charge is 2.32. The number of carbonyl (C=O) groups is 1. The highest BCUT2D eigenvalue weighted by molar-refractivity contribution is 7.19. The third-order valence-corrected chi connectivity index (χ3v) is 5.25. The van der Waals surface area contributed by atoms with Crippen LogP contribution in [0.4, 0.5) is 10.7 Å². The molecule has 1 aromatic rings. The summed E-state index contributed by atoms with van der Waals surface area (Å²) in [6.45, 7) is 6.96. The minimum Gasteiger partial charge on any atom is -0.492 e. The summed E-state index contributed by atoms with van der Waals surface area (Å²) >= 11 is 1.41. The molecule has 0 unspecified atom stereocenters. The van der Waals surface area contributed by atoms with Gasteiger partial charge in [0, 0.05) is 12.5 Å². The van der Waals surface area contributed by atoms with E-state index in [1.165, 1.54) is 30.6 Å². The number of ether oxygens (including phenoxy) is 1. The van der Waals surface area contributed by atoms with E-state index in [0.29, 0.717) is 21.7 Å². The lowest BCUT2D eigenvalue weighted by Crippen LogP contribution is -2.33. The first-order valence-corrected chi connectivity index (χ1v) is 7.94. The smallest absolute Gasteiger partial charge is 0.177 e. The quantitative estimate of drug-likeness (QED) is 0.784. The largest absolute Gasteiger partial charge is 0.492 e. The van der Waals surface area contributed by atoms with Gasteiger partial charge in [0.05, 0.1) is 17.7 Å². The number of Topliss-reactive ketones (excluding diaryl/α,β-unsaturated/α-hetero) is 1. The van der Waals surface area contributed by atoms with Crippen molar-refractivity contribution in [2.24, 2.45) is 11.3 Å². The van der Waals surface area contributed by atoms with Crippen molar-refractivity contribution < 1.29 is 9.53 Å². The van der Waals surface area contributed by atoms with Crippen LogP contribution in [0.1, 0.15) is 49.7 Å². The lowest BCUT2D eigenvalue weighted by atomic mass is 9.70. The average Bonchev–Trinajstić information content (AvgIpc) is 2.69. The minimum atomic E-state index is -0.0577. The van der Waals surface area contributed by atoms with Gasteiger partial charge in [-0.3, -0.25) is 4.79 Å². The molecule has 1 heterocycles. The molecule has 3 N–H and O–H groups in total. The standard InChI is InChI=1S/C15H24N2O2S/c1-9(2)11(18)13-10(16)12(19-4)14(20-13)17-8-15(3)6-5-7-15/h9,17H,5-8,16H2,1-4H3. The molecule has 1 saturated carbocycles. The van der Waals surface area contributed by atoms with Gasteiger partial charge >= 0.3 is 0 Å². The summed E-state index contributed by atoms with van der Waals surface area (Å²) in [4.78, 5) is 12.8. The molecular weight excluding hydrogens is 272 g/mol. The minimum absolute atomic E-state index is 0.0577. The number of hydrogen-bond donors (Lipinski definition) is 2. The SMILES string of the molecule is COc1c(NCC2(C)CCC2)sc(C(=O)C(C)C)c1N. The highest BCUT2D eigenvalue weighted by atomic mass is 32.1. The van der Waals surface area contributed by atoms with Gasteiger partial charge in [0.25, 0.3) is 0 Å². The molecule has 0 amide bonds. The van der Waals surface area contributed by atoms with E-state index < -0.39 is 0 Å². The zero-order valence-corrected chi connectivity index (χ0v) is 13.5. The number of hydrogen-bond acceptors (Lipinski definition) is 5.